The van der Waals surface area contributed by atoms with Crippen LogP contribution in [0.25, 0.3) is 0 Å². The molecular weight excluding hydrogens is 254 g/mol. The zero-order valence-electron chi connectivity index (χ0n) is 11.5. The van der Waals surface area contributed by atoms with Gasteiger partial charge in [0.05, 0.1) is 18.8 Å². The number of aliphatic hydroxyl groups is 1. The van der Waals surface area contributed by atoms with Crippen molar-refractivity contribution in [2.24, 2.45) is 5.92 Å². The Labute approximate surface area is 119 Å². The van der Waals surface area contributed by atoms with Crippen LogP contribution < -0.4 is 0 Å². The molecule has 1 rings (SSSR count). The molecular formula is C16H19NO3. The Bertz CT molecular complexity index is 476. The van der Waals surface area contributed by atoms with Gasteiger partial charge in [0.2, 0.25) is 0 Å². The predicted octanol–water partition coefficient (Wildman–Crippen LogP) is 2.76. The highest BCUT2D eigenvalue weighted by Crippen LogP contribution is 2.23. The SMILES string of the molecule is CCOC(=O)/C=C/[C@H](CC#N)C[C@H](O)c1ccccc1. The van der Waals surface area contributed by atoms with Gasteiger partial charge in [-0.05, 0) is 24.8 Å². The third kappa shape index (κ3) is 5.68. The van der Waals surface area contributed by atoms with E-state index in [4.69, 9.17) is 10.00 Å². The lowest BCUT2D eigenvalue weighted by atomic mass is 9.94. The van der Waals surface area contributed by atoms with Crippen LogP contribution in [0.4, 0.5) is 0 Å². The summed E-state index contributed by atoms with van der Waals surface area (Å²) in [6.07, 6.45) is 2.95. The summed E-state index contributed by atoms with van der Waals surface area (Å²) in [6, 6.07) is 11.3. The van der Waals surface area contributed by atoms with Gasteiger partial charge < -0.3 is 9.84 Å². The summed E-state index contributed by atoms with van der Waals surface area (Å²) in [5, 5.41) is 18.9. The molecule has 0 bridgehead atoms. The van der Waals surface area contributed by atoms with Gasteiger partial charge in [0.15, 0.2) is 0 Å². The lowest BCUT2D eigenvalue weighted by Crippen LogP contribution is -2.07. The zero-order valence-corrected chi connectivity index (χ0v) is 11.5. The third-order valence-electron chi connectivity index (χ3n) is 2.85. The summed E-state index contributed by atoms with van der Waals surface area (Å²) < 4.78 is 4.79. The molecule has 4 heteroatoms. The Balaban J connectivity index is 2.63. The number of aliphatic hydroxyl groups excluding tert-OH is 1. The highest BCUT2D eigenvalue weighted by Gasteiger charge is 2.14. The highest BCUT2D eigenvalue weighted by molar-refractivity contribution is 5.81. The minimum atomic E-state index is -0.651. The van der Waals surface area contributed by atoms with Crippen molar-refractivity contribution >= 4 is 5.97 Å². The first kappa shape index (κ1) is 15.9. The van der Waals surface area contributed by atoms with Crippen LogP contribution >= 0.6 is 0 Å². The number of benzene rings is 1. The minimum Gasteiger partial charge on any atom is -0.463 e. The van der Waals surface area contributed by atoms with E-state index in [1.54, 1.807) is 13.0 Å². The number of rotatable bonds is 7. The number of carbonyl (C=O) groups excluding carboxylic acids is 1. The van der Waals surface area contributed by atoms with Crippen LogP contribution in [0.15, 0.2) is 42.5 Å². The molecule has 0 saturated heterocycles. The minimum absolute atomic E-state index is 0.181. The van der Waals surface area contributed by atoms with Gasteiger partial charge in [0.1, 0.15) is 0 Å². The van der Waals surface area contributed by atoms with Gasteiger partial charge >= 0.3 is 5.97 Å². The molecule has 0 aliphatic heterocycles. The van der Waals surface area contributed by atoms with Gasteiger partial charge in [0.25, 0.3) is 0 Å². The van der Waals surface area contributed by atoms with Gasteiger partial charge in [-0.25, -0.2) is 4.79 Å². The van der Waals surface area contributed by atoms with Crippen LogP contribution in [0.3, 0.4) is 0 Å². The average molecular weight is 273 g/mol. The fourth-order valence-corrected chi connectivity index (χ4v) is 1.85. The molecule has 0 fully saturated rings. The molecule has 1 N–H and O–H groups in total. The highest BCUT2D eigenvalue weighted by atomic mass is 16.5. The second kappa shape index (κ2) is 8.89. The molecule has 0 unspecified atom stereocenters. The molecule has 0 aliphatic carbocycles. The smallest absolute Gasteiger partial charge is 0.330 e. The molecule has 0 saturated carbocycles. The Morgan fingerprint density at radius 3 is 2.75 bits per heavy atom. The number of ether oxygens (including phenoxy) is 1. The van der Waals surface area contributed by atoms with Crippen molar-refractivity contribution in [3.05, 3.63) is 48.0 Å². The van der Waals surface area contributed by atoms with Crippen LogP contribution in [-0.2, 0) is 9.53 Å². The first-order valence-corrected chi connectivity index (χ1v) is 6.62. The van der Waals surface area contributed by atoms with Crippen LogP contribution in [0.2, 0.25) is 0 Å². The lowest BCUT2D eigenvalue weighted by molar-refractivity contribution is -0.137. The van der Waals surface area contributed by atoms with Gasteiger partial charge in [-0.2, -0.15) is 5.26 Å². The normalized spacial score (nSPS) is 13.7. The maximum absolute atomic E-state index is 11.3. The number of hydrogen-bond acceptors (Lipinski definition) is 4. The van der Waals surface area contributed by atoms with Crippen molar-refractivity contribution in [2.75, 3.05) is 6.61 Å². The standard InChI is InChI=1S/C16H19NO3/c1-2-20-16(19)9-8-13(10-11-17)12-15(18)14-6-4-3-5-7-14/h3-9,13,15,18H,2,10,12H2,1H3/b9-8+/t13-,15+/m1/s1. The molecule has 106 valence electrons. The maximum atomic E-state index is 11.3. The lowest BCUT2D eigenvalue weighted by Gasteiger charge is -2.15. The van der Waals surface area contributed by atoms with Crippen molar-refractivity contribution in [1.29, 1.82) is 5.26 Å². The van der Waals surface area contributed by atoms with E-state index >= 15 is 0 Å². The number of esters is 1. The molecule has 0 radical (unpaired) electrons. The van der Waals surface area contributed by atoms with Crippen molar-refractivity contribution in [3.63, 3.8) is 0 Å². The van der Waals surface area contributed by atoms with Crippen LogP contribution in [-0.4, -0.2) is 17.7 Å². The van der Waals surface area contributed by atoms with Gasteiger partial charge in [-0.1, -0.05) is 36.4 Å². The van der Waals surface area contributed by atoms with E-state index in [-0.39, 0.29) is 12.3 Å². The molecule has 2 atom stereocenters. The van der Waals surface area contributed by atoms with E-state index in [0.717, 1.165) is 5.56 Å². The number of allylic oxidation sites excluding steroid dienone is 1. The summed E-state index contributed by atoms with van der Waals surface area (Å²) in [5.74, 6) is -0.607. The van der Waals surface area contributed by atoms with E-state index in [9.17, 15) is 9.90 Å². The summed E-state index contributed by atoms with van der Waals surface area (Å²) in [7, 11) is 0. The van der Waals surface area contributed by atoms with Gasteiger partial charge in [-0.15, -0.1) is 0 Å². The zero-order chi connectivity index (χ0) is 14.8. The molecule has 0 aromatic heterocycles. The molecule has 0 aliphatic rings. The van der Waals surface area contributed by atoms with E-state index in [0.29, 0.717) is 13.0 Å². The topological polar surface area (TPSA) is 70.3 Å². The van der Waals surface area contributed by atoms with Gasteiger partial charge in [-0.3, -0.25) is 0 Å². The fourth-order valence-electron chi connectivity index (χ4n) is 1.85. The first-order valence-electron chi connectivity index (χ1n) is 6.62. The summed E-state index contributed by atoms with van der Waals surface area (Å²) in [4.78, 5) is 11.3. The van der Waals surface area contributed by atoms with E-state index < -0.39 is 12.1 Å². The monoisotopic (exact) mass is 273 g/mol. The molecule has 1 aromatic rings. The number of nitriles is 1. The molecule has 0 amide bonds. The van der Waals surface area contributed by atoms with Crippen molar-refractivity contribution < 1.29 is 14.6 Å². The number of nitrogens with zero attached hydrogens (tertiary/aromatic N) is 1. The average Bonchev–Trinajstić information content (AvgIpc) is 2.46. The van der Waals surface area contributed by atoms with Crippen LogP contribution in [0, 0.1) is 17.2 Å². The van der Waals surface area contributed by atoms with Crippen molar-refractivity contribution in [1.82, 2.24) is 0 Å². The number of carbonyl (C=O) groups is 1. The second-order valence-electron chi connectivity index (χ2n) is 4.40. The molecule has 1 aromatic carbocycles. The van der Waals surface area contributed by atoms with E-state index in [2.05, 4.69) is 6.07 Å². The van der Waals surface area contributed by atoms with Crippen molar-refractivity contribution in [2.45, 2.75) is 25.9 Å². The van der Waals surface area contributed by atoms with E-state index in [1.165, 1.54) is 6.08 Å². The Morgan fingerprint density at radius 1 is 1.45 bits per heavy atom. The summed E-state index contributed by atoms with van der Waals surface area (Å²) in [5.41, 5.74) is 0.806. The fraction of sp³-hybridized carbons (Fsp3) is 0.375. The Morgan fingerprint density at radius 2 is 2.15 bits per heavy atom. The largest absolute Gasteiger partial charge is 0.463 e. The van der Waals surface area contributed by atoms with E-state index in [1.807, 2.05) is 30.3 Å². The van der Waals surface area contributed by atoms with Crippen molar-refractivity contribution in [3.8, 4) is 6.07 Å². The molecule has 0 spiro atoms. The Kier molecular flexibility index (Phi) is 7.08. The second-order valence-corrected chi connectivity index (χ2v) is 4.40. The summed E-state index contributed by atoms with van der Waals surface area (Å²) in [6.45, 7) is 2.05. The number of hydrogen-bond donors (Lipinski definition) is 1. The van der Waals surface area contributed by atoms with Crippen LogP contribution in [0.5, 0.6) is 0 Å². The first-order chi connectivity index (χ1) is 9.67. The van der Waals surface area contributed by atoms with Crippen LogP contribution in [0.1, 0.15) is 31.4 Å². The van der Waals surface area contributed by atoms with Gasteiger partial charge in [0, 0.05) is 12.5 Å². The quantitative estimate of drug-likeness (QED) is 0.612. The Hall–Kier alpha value is -2.12. The maximum Gasteiger partial charge on any atom is 0.330 e. The molecule has 0 heterocycles. The third-order valence-corrected chi connectivity index (χ3v) is 2.85. The summed E-state index contributed by atoms with van der Waals surface area (Å²) >= 11 is 0. The molecule has 4 nitrogen and oxygen atoms in total. The predicted molar refractivity (Wildman–Crippen MR) is 75.5 cm³/mol. The molecule has 20 heavy (non-hydrogen) atoms.